The Kier molecular flexibility index (Phi) is 5.64. The maximum absolute atomic E-state index is 12.8. The van der Waals surface area contributed by atoms with Crippen LogP contribution in [0.3, 0.4) is 0 Å². The zero-order valence-electron chi connectivity index (χ0n) is 13.8. The highest BCUT2D eigenvalue weighted by Gasteiger charge is 2.29. The summed E-state index contributed by atoms with van der Waals surface area (Å²) in [6, 6.07) is 4.43. The number of rotatable bonds is 5. The van der Waals surface area contributed by atoms with Crippen molar-refractivity contribution in [2.24, 2.45) is 5.92 Å². The Bertz CT molecular complexity index is 665. The summed E-state index contributed by atoms with van der Waals surface area (Å²) >= 11 is 0. The number of amides is 1. The minimum absolute atomic E-state index is 0.133. The average Bonchev–Trinajstić information content (AvgIpc) is 2.54. The minimum Gasteiger partial charge on any atom is -0.496 e. The summed E-state index contributed by atoms with van der Waals surface area (Å²) in [5.41, 5.74) is 0.237. The van der Waals surface area contributed by atoms with Gasteiger partial charge in [0.1, 0.15) is 5.75 Å². The number of nitrogens with one attached hydrogen (secondary N) is 1. The van der Waals surface area contributed by atoms with Crippen molar-refractivity contribution < 1.29 is 17.9 Å². The van der Waals surface area contributed by atoms with Crippen LogP contribution in [0.4, 0.5) is 0 Å². The molecule has 7 heteroatoms. The molecule has 0 aromatic heterocycles. The molecule has 0 atom stereocenters. The highest BCUT2D eigenvalue weighted by molar-refractivity contribution is 7.89. The first-order valence-electron chi connectivity index (χ1n) is 7.86. The van der Waals surface area contributed by atoms with Crippen molar-refractivity contribution in [1.29, 1.82) is 0 Å². The minimum atomic E-state index is -3.58. The van der Waals surface area contributed by atoms with E-state index in [-0.39, 0.29) is 16.4 Å². The molecule has 1 aliphatic heterocycles. The summed E-state index contributed by atoms with van der Waals surface area (Å²) in [7, 11) is -2.13. The van der Waals surface area contributed by atoms with E-state index in [0.29, 0.717) is 31.3 Å². The number of nitrogens with zero attached hydrogens (tertiary/aromatic N) is 1. The lowest BCUT2D eigenvalue weighted by molar-refractivity contribution is 0.0952. The standard InChI is InChI=1S/C16H24N2O4S/c1-4-17-16(19)14-11-13(5-6-15(14)22-3)23(20,21)18-9-7-12(2)8-10-18/h5-6,11-12H,4,7-10H2,1-3H3,(H,17,19). The van der Waals surface area contributed by atoms with E-state index in [2.05, 4.69) is 12.2 Å². The number of carbonyl (C=O) groups is 1. The van der Waals surface area contributed by atoms with E-state index in [0.717, 1.165) is 12.8 Å². The molecule has 1 amide bonds. The Labute approximate surface area is 137 Å². The highest BCUT2D eigenvalue weighted by Crippen LogP contribution is 2.27. The highest BCUT2D eigenvalue weighted by atomic mass is 32.2. The molecule has 1 aromatic rings. The van der Waals surface area contributed by atoms with Crippen molar-refractivity contribution in [2.45, 2.75) is 31.6 Å². The van der Waals surface area contributed by atoms with E-state index in [9.17, 15) is 13.2 Å². The van der Waals surface area contributed by atoms with Crippen LogP contribution in [-0.4, -0.2) is 45.4 Å². The van der Waals surface area contributed by atoms with Crippen LogP contribution in [0.1, 0.15) is 37.0 Å². The molecule has 128 valence electrons. The van der Waals surface area contributed by atoms with Crippen molar-refractivity contribution in [1.82, 2.24) is 9.62 Å². The fraction of sp³-hybridized carbons (Fsp3) is 0.562. The molecule has 0 saturated carbocycles. The number of methoxy groups -OCH3 is 1. The van der Waals surface area contributed by atoms with Crippen LogP contribution in [0.5, 0.6) is 5.75 Å². The van der Waals surface area contributed by atoms with Gasteiger partial charge in [-0.3, -0.25) is 4.79 Å². The van der Waals surface area contributed by atoms with Gasteiger partial charge in [-0.25, -0.2) is 8.42 Å². The van der Waals surface area contributed by atoms with Crippen LogP contribution < -0.4 is 10.1 Å². The fourth-order valence-electron chi connectivity index (χ4n) is 2.66. The van der Waals surface area contributed by atoms with E-state index in [1.165, 1.54) is 29.6 Å². The molecule has 1 saturated heterocycles. The zero-order chi connectivity index (χ0) is 17.0. The van der Waals surface area contributed by atoms with E-state index in [1.54, 1.807) is 6.92 Å². The quantitative estimate of drug-likeness (QED) is 0.888. The van der Waals surface area contributed by atoms with Gasteiger partial charge in [0.05, 0.1) is 17.6 Å². The second-order valence-electron chi connectivity index (χ2n) is 5.81. The molecular weight excluding hydrogens is 316 g/mol. The number of piperidine rings is 1. The van der Waals surface area contributed by atoms with Crippen LogP contribution >= 0.6 is 0 Å². The monoisotopic (exact) mass is 340 g/mol. The molecule has 1 fully saturated rings. The Morgan fingerprint density at radius 1 is 1.35 bits per heavy atom. The maximum Gasteiger partial charge on any atom is 0.255 e. The van der Waals surface area contributed by atoms with Crippen molar-refractivity contribution >= 4 is 15.9 Å². The van der Waals surface area contributed by atoms with Gasteiger partial charge in [0.2, 0.25) is 10.0 Å². The third-order valence-electron chi connectivity index (χ3n) is 4.13. The topological polar surface area (TPSA) is 75.7 Å². The molecule has 0 bridgehead atoms. The summed E-state index contributed by atoms with van der Waals surface area (Å²) in [5.74, 6) is 0.569. The Balaban J connectivity index is 2.35. The van der Waals surface area contributed by atoms with Crippen LogP contribution in [0.15, 0.2) is 23.1 Å². The molecule has 1 N–H and O–H groups in total. The average molecular weight is 340 g/mol. The molecule has 1 aliphatic rings. The molecule has 0 aliphatic carbocycles. The van der Waals surface area contributed by atoms with Crippen LogP contribution in [0.25, 0.3) is 0 Å². The molecule has 1 aromatic carbocycles. The van der Waals surface area contributed by atoms with Crippen LogP contribution in [-0.2, 0) is 10.0 Å². The van der Waals surface area contributed by atoms with E-state index in [4.69, 9.17) is 4.74 Å². The number of hydrogen-bond donors (Lipinski definition) is 1. The van der Waals surface area contributed by atoms with E-state index in [1.807, 2.05) is 0 Å². The second kappa shape index (κ2) is 7.31. The van der Waals surface area contributed by atoms with Gasteiger partial charge in [-0.1, -0.05) is 6.92 Å². The number of benzene rings is 1. The predicted molar refractivity (Wildman–Crippen MR) is 88.2 cm³/mol. The first-order valence-corrected chi connectivity index (χ1v) is 9.30. The van der Waals surface area contributed by atoms with Gasteiger partial charge in [-0.05, 0) is 43.9 Å². The molecule has 1 heterocycles. The van der Waals surface area contributed by atoms with Gasteiger partial charge in [-0.15, -0.1) is 0 Å². The maximum atomic E-state index is 12.8. The van der Waals surface area contributed by atoms with Gasteiger partial charge in [0.15, 0.2) is 0 Å². The van der Waals surface area contributed by atoms with E-state index < -0.39 is 10.0 Å². The molecule has 2 rings (SSSR count). The first-order chi connectivity index (χ1) is 10.9. The fourth-order valence-corrected chi connectivity index (χ4v) is 4.15. The van der Waals surface area contributed by atoms with Crippen molar-refractivity contribution in [2.75, 3.05) is 26.7 Å². The number of sulfonamides is 1. The Morgan fingerprint density at radius 3 is 2.57 bits per heavy atom. The number of hydrogen-bond acceptors (Lipinski definition) is 4. The summed E-state index contributed by atoms with van der Waals surface area (Å²) < 4.78 is 32.2. The number of carbonyl (C=O) groups excluding carboxylic acids is 1. The smallest absolute Gasteiger partial charge is 0.255 e. The first kappa shape index (κ1) is 17.7. The van der Waals surface area contributed by atoms with Crippen molar-refractivity contribution in [3.8, 4) is 5.75 Å². The predicted octanol–water partition coefficient (Wildman–Crippen LogP) is 1.87. The lowest BCUT2D eigenvalue weighted by Crippen LogP contribution is -2.38. The molecular formula is C16H24N2O4S. The molecule has 0 spiro atoms. The third kappa shape index (κ3) is 3.84. The van der Waals surface area contributed by atoms with Gasteiger partial charge in [0, 0.05) is 19.6 Å². The molecule has 0 radical (unpaired) electrons. The number of ether oxygens (including phenoxy) is 1. The van der Waals surface area contributed by atoms with Crippen LogP contribution in [0, 0.1) is 5.92 Å². The normalized spacial score (nSPS) is 17.0. The summed E-state index contributed by atoms with van der Waals surface area (Å²) in [5, 5.41) is 2.67. The second-order valence-corrected chi connectivity index (χ2v) is 7.75. The lowest BCUT2D eigenvalue weighted by atomic mass is 10.0. The van der Waals surface area contributed by atoms with Crippen molar-refractivity contribution in [3.63, 3.8) is 0 Å². The van der Waals surface area contributed by atoms with Gasteiger partial charge in [0.25, 0.3) is 5.91 Å². The van der Waals surface area contributed by atoms with Gasteiger partial charge >= 0.3 is 0 Å². The third-order valence-corrected chi connectivity index (χ3v) is 6.03. The lowest BCUT2D eigenvalue weighted by Gasteiger charge is -2.29. The van der Waals surface area contributed by atoms with Gasteiger partial charge in [-0.2, -0.15) is 4.31 Å². The van der Waals surface area contributed by atoms with Gasteiger partial charge < -0.3 is 10.1 Å². The molecule has 6 nitrogen and oxygen atoms in total. The summed E-state index contributed by atoms with van der Waals surface area (Å²) in [4.78, 5) is 12.3. The summed E-state index contributed by atoms with van der Waals surface area (Å²) in [6.45, 7) is 5.44. The SMILES string of the molecule is CCNC(=O)c1cc(S(=O)(=O)N2CCC(C)CC2)ccc1OC. The summed E-state index contributed by atoms with van der Waals surface area (Å²) in [6.07, 6.45) is 1.72. The molecule has 0 unspecified atom stereocenters. The Hall–Kier alpha value is -1.60. The molecule has 23 heavy (non-hydrogen) atoms. The van der Waals surface area contributed by atoms with Crippen LogP contribution in [0.2, 0.25) is 0 Å². The van der Waals surface area contributed by atoms with E-state index >= 15 is 0 Å². The zero-order valence-corrected chi connectivity index (χ0v) is 14.6. The largest absolute Gasteiger partial charge is 0.496 e. The Morgan fingerprint density at radius 2 is 2.00 bits per heavy atom. The van der Waals surface area contributed by atoms with Crippen molar-refractivity contribution in [3.05, 3.63) is 23.8 Å².